The molecule has 0 spiro atoms. The second-order valence-corrected chi connectivity index (χ2v) is 5.93. The summed E-state index contributed by atoms with van der Waals surface area (Å²) in [5.74, 6) is 0.577. The minimum Gasteiger partial charge on any atom is -0.383 e. The number of H-pyrrole nitrogens is 1. The van der Waals surface area contributed by atoms with E-state index in [0.29, 0.717) is 12.5 Å². The third-order valence-corrected chi connectivity index (χ3v) is 4.02. The Balaban J connectivity index is 1.95. The highest BCUT2D eigenvalue weighted by Gasteiger charge is 2.15. The molecule has 1 unspecified atom stereocenters. The average molecular weight is 295 g/mol. The molecule has 7 nitrogen and oxygen atoms in total. The lowest BCUT2D eigenvalue weighted by atomic mass is 10.1. The molecule has 0 radical (unpaired) electrons. The standard InChI is InChI=1S/C14H25N5O2/c1-10(9-19-6-4-3-5-7-19)8-16-11-12(15)18(2)14(21)17-13(11)20/h10,16H,3-9,15H2,1-2H3,(H,17,20,21). The largest absolute Gasteiger partial charge is 0.383 e. The zero-order chi connectivity index (χ0) is 15.4. The number of aromatic nitrogens is 2. The SMILES string of the molecule is CC(CNc1c(N)n(C)c(=O)[nH]c1=O)CN1CCCCC1. The van der Waals surface area contributed by atoms with Crippen LogP contribution in [0, 0.1) is 5.92 Å². The van der Waals surface area contributed by atoms with Crippen LogP contribution in [-0.4, -0.2) is 40.6 Å². The number of nitrogens with one attached hydrogen (secondary N) is 2. The van der Waals surface area contributed by atoms with Crippen LogP contribution in [0.1, 0.15) is 26.2 Å². The van der Waals surface area contributed by atoms with Crippen LogP contribution in [0.25, 0.3) is 0 Å². The molecule has 0 aromatic carbocycles. The summed E-state index contributed by atoms with van der Waals surface area (Å²) >= 11 is 0. The van der Waals surface area contributed by atoms with E-state index in [0.717, 1.165) is 19.6 Å². The Labute approximate surface area is 124 Å². The molecule has 0 amide bonds. The van der Waals surface area contributed by atoms with Gasteiger partial charge >= 0.3 is 5.69 Å². The van der Waals surface area contributed by atoms with Gasteiger partial charge in [-0.05, 0) is 31.8 Å². The first-order valence-electron chi connectivity index (χ1n) is 7.54. The van der Waals surface area contributed by atoms with Gasteiger partial charge in [-0.25, -0.2) is 4.79 Å². The summed E-state index contributed by atoms with van der Waals surface area (Å²) in [5.41, 5.74) is 5.15. The third-order valence-electron chi connectivity index (χ3n) is 4.02. The first kappa shape index (κ1) is 15.6. The van der Waals surface area contributed by atoms with Crippen LogP contribution in [0.15, 0.2) is 9.59 Å². The molecule has 0 saturated carbocycles. The number of rotatable bonds is 5. The quantitative estimate of drug-likeness (QED) is 0.720. The molecule has 21 heavy (non-hydrogen) atoms. The molecule has 7 heteroatoms. The number of piperidine rings is 1. The summed E-state index contributed by atoms with van der Waals surface area (Å²) in [6.07, 6.45) is 3.87. The van der Waals surface area contributed by atoms with Crippen LogP contribution in [0.5, 0.6) is 0 Å². The molecule has 4 N–H and O–H groups in total. The summed E-state index contributed by atoms with van der Waals surface area (Å²) in [6.45, 7) is 6.13. The van der Waals surface area contributed by atoms with Crippen molar-refractivity contribution in [3.8, 4) is 0 Å². The average Bonchev–Trinajstić information content (AvgIpc) is 2.46. The molecule has 1 atom stereocenters. The second-order valence-electron chi connectivity index (χ2n) is 5.93. The van der Waals surface area contributed by atoms with Crippen molar-refractivity contribution in [2.24, 2.45) is 13.0 Å². The fourth-order valence-corrected chi connectivity index (χ4v) is 2.73. The van der Waals surface area contributed by atoms with Gasteiger partial charge in [0.05, 0.1) is 0 Å². The zero-order valence-electron chi connectivity index (χ0n) is 12.8. The van der Waals surface area contributed by atoms with Crippen molar-refractivity contribution in [2.45, 2.75) is 26.2 Å². The minimum absolute atomic E-state index is 0.175. The molecular weight excluding hydrogens is 270 g/mol. The normalized spacial score (nSPS) is 17.6. The summed E-state index contributed by atoms with van der Waals surface area (Å²) in [5, 5.41) is 3.08. The van der Waals surface area contributed by atoms with Gasteiger partial charge in [0, 0.05) is 20.1 Å². The maximum atomic E-state index is 11.8. The summed E-state index contributed by atoms with van der Waals surface area (Å²) < 4.78 is 1.24. The number of hydrogen-bond donors (Lipinski definition) is 3. The lowest BCUT2D eigenvalue weighted by molar-refractivity contribution is 0.204. The number of hydrogen-bond acceptors (Lipinski definition) is 5. The van der Waals surface area contributed by atoms with Gasteiger partial charge in [0.1, 0.15) is 11.5 Å². The van der Waals surface area contributed by atoms with Crippen LogP contribution in [0.4, 0.5) is 11.5 Å². The van der Waals surface area contributed by atoms with Gasteiger partial charge in [0.2, 0.25) is 0 Å². The molecule has 0 aliphatic carbocycles. The minimum atomic E-state index is -0.496. The molecule has 2 rings (SSSR count). The van der Waals surface area contributed by atoms with E-state index in [-0.39, 0.29) is 11.5 Å². The van der Waals surface area contributed by atoms with E-state index in [2.05, 4.69) is 22.1 Å². The molecule has 1 fully saturated rings. The Hall–Kier alpha value is -1.76. The smallest absolute Gasteiger partial charge is 0.329 e. The van der Waals surface area contributed by atoms with Crippen molar-refractivity contribution >= 4 is 11.5 Å². The molecule has 1 aliphatic heterocycles. The van der Waals surface area contributed by atoms with Gasteiger partial charge < -0.3 is 16.0 Å². The molecule has 1 saturated heterocycles. The molecular formula is C14H25N5O2. The molecule has 1 aliphatic rings. The van der Waals surface area contributed by atoms with Gasteiger partial charge in [0.25, 0.3) is 5.56 Å². The number of nitrogen functional groups attached to an aromatic ring is 1. The second kappa shape index (κ2) is 6.80. The zero-order valence-corrected chi connectivity index (χ0v) is 12.8. The monoisotopic (exact) mass is 295 g/mol. The van der Waals surface area contributed by atoms with Crippen molar-refractivity contribution in [3.05, 3.63) is 20.8 Å². The number of nitrogens with two attached hydrogens (primary N) is 1. The highest BCUT2D eigenvalue weighted by Crippen LogP contribution is 2.13. The molecule has 2 heterocycles. The van der Waals surface area contributed by atoms with E-state index in [4.69, 9.17) is 5.73 Å². The van der Waals surface area contributed by atoms with Crippen LogP contribution >= 0.6 is 0 Å². The number of nitrogens with zero attached hydrogens (tertiary/aromatic N) is 2. The van der Waals surface area contributed by atoms with E-state index in [1.165, 1.54) is 30.9 Å². The maximum Gasteiger partial charge on any atom is 0.329 e. The van der Waals surface area contributed by atoms with E-state index >= 15 is 0 Å². The highest BCUT2D eigenvalue weighted by atomic mass is 16.2. The van der Waals surface area contributed by atoms with Crippen molar-refractivity contribution in [1.82, 2.24) is 14.5 Å². The predicted molar refractivity (Wildman–Crippen MR) is 84.7 cm³/mol. The molecule has 1 aromatic rings. The summed E-state index contributed by atoms with van der Waals surface area (Å²) in [7, 11) is 1.54. The summed E-state index contributed by atoms with van der Waals surface area (Å²) in [6, 6.07) is 0. The molecule has 118 valence electrons. The third kappa shape index (κ3) is 3.87. The number of anilines is 2. The van der Waals surface area contributed by atoms with Crippen LogP contribution in [0.3, 0.4) is 0 Å². The van der Waals surface area contributed by atoms with E-state index < -0.39 is 11.2 Å². The van der Waals surface area contributed by atoms with Crippen molar-refractivity contribution in [1.29, 1.82) is 0 Å². The van der Waals surface area contributed by atoms with Crippen molar-refractivity contribution in [3.63, 3.8) is 0 Å². The Morgan fingerprint density at radius 1 is 1.29 bits per heavy atom. The first-order chi connectivity index (χ1) is 9.99. The predicted octanol–water partition coefficient (Wildman–Crippen LogP) is 0.190. The highest BCUT2D eigenvalue weighted by molar-refractivity contribution is 5.60. The summed E-state index contributed by atoms with van der Waals surface area (Å²) in [4.78, 5) is 27.9. The van der Waals surface area contributed by atoms with Crippen LogP contribution in [-0.2, 0) is 7.05 Å². The molecule has 1 aromatic heterocycles. The van der Waals surface area contributed by atoms with Gasteiger partial charge in [-0.3, -0.25) is 14.3 Å². The topological polar surface area (TPSA) is 96.1 Å². The Morgan fingerprint density at radius 2 is 1.95 bits per heavy atom. The Bertz CT molecular complexity index is 586. The van der Waals surface area contributed by atoms with Crippen LogP contribution < -0.4 is 22.3 Å². The van der Waals surface area contributed by atoms with Crippen LogP contribution in [0.2, 0.25) is 0 Å². The van der Waals surface area contributed by atoms with Crippen molar-refractivity contribution < 1.29 is 0 Å². The van der Waals surface area contributed by atoms with Gasteiger partial charge in [-0.1, -0.05) is 13.3 Å². The maximum absolute atomic E-state index is 11.8. The van der Waals surface area contributed by atoms with E-state index in [1.807, 2.05) is 0 Å². The molecule has 0 bridgehead atoms. The number of aromatic amines is 1. The van der Waals surface area contributed by atoms with E-state index in [9.17, 15) is 9.59 Å². The number of likely N-dealkylation sites (tertiary alicyclic amines) is 1. The first-order valence-corrected chi connectivity index (χ1v) is 7.54. The fourth-order valence-electron chi connectivity index (χ4n) is 2.73. The van der Waals surface area contributed by atoms with Gasteiger partial charge in [-0.15, -0.1) is 0 Å². The van der Waals surface area contributed by atoms with Gasteiger partial charge in [-0.2, -0.15) is 0 Å². The Kier molecular flexibility index (Phi) is 5.06. The van der Waals surface area contributed by atoms with Gasteiger partial charge in [0.15, 0.2) is 0 Å². The van der Waals surface area contributed by atoms with E-state index in [1.54, 1.807) is 0 Å². The Morgan fingerprint density at radius 3 is 2.62 bits per heavy atom. The fraction of sp³-hybridized carbons (Fsp3) is 0.714. The lowest BCUT2D eigenvalue weighted by Crippen LogP contribution is -2.37. The lowest BCUT2D eigenvalue weighted by Gasteiger charge is -2.29. The van der Waals surface area contributed by atoms with Crippen molar-refractivity contribution in [2.75, 3.05) is 37.2 Å².